The quantitative estimate of drug-likeness (QED) is 0.728. The smallest absolute Gasteiger partial charge is 0.0412 e. The van der Waals surface area contributed by atoms with Crippen molar-refractivity contribution in [1.82, 2.24) is 4.98 Å². The minimum atomic E-state index is 0.811. The van der Waals surface area contributed by atoms with Gasteiger partial charge in [-0.3, -0.25) is 4.98 Å². The molecular weight excluding hydrogens is 230 g/mol. The van der Waals surface area contributed by atoms with Crippen LogP contribution in [0.25, 0.3) is 11.6 Å². The van der Waals surface area contributed by atoms with E-state index in [4.69, 9.17) is 11.6 Å². The summed E-state index contributed by atoms with van der Waals surface area (Å²) in [5.41, 5.74) is 5.26. The van der Waals surface area contributed by atoms with E-state index < -0.39 is 0 Å². The molecule has 0 atom stereocenters. The fraction of sp³-hybridized carbons (Fsp3) is 0.133. The fourth-order valence-corrected chi connectivity index (χ4v) is 2.45. The zero-order valence-corrected chi connectivity index (χ0v) is 10.1. The van der Waals surface area contributed by atoms with Gasteiger partial charge >= 0.3 is 0 Å². The van der Waals surface area contributed by atoms with Gasteiger partial charge in [0.1, 0.15) is 0 Å². The topological polar surface area (TPSA) is 12.9 Å². The molecule has 1 aliphatic carbocycles. The van der Waals surface area contributed by atoms with Gasteiger partial charge in [-0.25, -0.2) is 0 Å². The van der Waals surface area contributed by atoms with E-state index in [2.05, 4.69) is 23.2 Å². The van der Waals surface area contributed by atoms with Gasteiger partial charge < -0.3 is 0 Å². The number of aryl methyl sites for hydroxylation is 1. The fourth-order valence-electron chi connectivity index (χ4n) is 2.28. The van der Waals surface area contributed by atoms with Crippen molar-refractivity contribution in [3.63, 3.8) is 0 Å². The molecule has 0 N–H and O–H groups in total. The third kappa shape index (κ3) is 2.11. The predicted molar refractivity (Wildman–Crippen MR) is 71.9 cm³/mol. The lowest BCUT2D eigenvalue weighted by Crippen LogP contribution is -1.81. The summed E-state index contributed by atoms with van der Waals surface area (Å²) in [6, 6.07) is 10.2. The second-order valence-electron chi connectivity index (χ2n) is 4.25. The van der Waals surface area contributed by atoms with E-state index in [0.29, 0.717) is 0 Å². The first-order valence-electron chi connectivity index (χ1n) is 5.72. The molecule has 84 valence electrons. The monoisotopic (exact) mass is 241 g/mol. The number of allylic oxidation sites excluding steroid dienone is 1. The molecule has 0 aliphatic heterocycles. The molecule has 1 aliphatic rings. The van der Waals surface area contributed by atoms with Crippen LogP contribution in [-0.4, -0.2) is 4.98 Å². The highest BCUT2D eigenvalue weighted by atomic mass is 35.5. The van der Waals surface area contributed by atoms with Crippen LogP contribution in [0.1, 0.15) is 23.1 Å². The normalized spacial score (nSPS) is 16.2. The number of pyridine rings is 1. The molecule has 1 heterocycles. The molecule has 0 amide bonds. The van der Waals surface area contributed by atoms with Crippen LogP contribution in [0, 0.1) is 0 Å². The zero-order chi connectivity index (χ0) is 11.7. The number of halogens is 1. The summed E-state index contributed by atoms with van der Waals surface area (Å²) in [6.07, 6.45) is 8.08. The SMILES string of the molecule is Clc1ccc2c(c1)C(=Cc1ccncc1)CC2. The predicted octanol–water partition coefficient (Wildman–Crippen LogP) is 4.22. The van der Waals surface area contributed by atoms with Crippen molar-refractivity contribution in [2.24, 2.45) is 0 Å². The maximum absolute atomic E-state index is 6.05. The molecule has 0 fully saturated rings. The van der Waals surface area contributed by atoms with Gasteiger partial charge in [0.25, 0.3) is 0 Å². The van der Waals surface area contributed by atoms with E-state index in [9.17, 15) is 0 Å². The Bertz CT molecular complexity index is 573. The molecule has 0 spiro atoms. The zero-order valence-electron chi connectivity index (χ0n) is 9.36. The molecule has 0 saturated carbocycles. The first kappa shape index (κ1) is 10.5. The molecule has 0 radical (unpaired) electrons. The van der Waals surface area contributed by atoms with E-state index >= 15 is 0 Å². The number of nitrogens with zero attached hydrogens (tertiary/aromatic N) is 1. The highest BCUT2D eigenvalue weighted by molar-refractivity contribution is 6.30. The first-order chi connectivity index (χ1) is 8.33. The molecule has 3 rings (SSSR count). The number of hydrogen-bond acceptors (Lipinski definition) is 1. The van der Waals surface area contributed by atoms with Crippen molar-refractivity contribution in [3.8, 4) is 0 Å². The summed E-state index contributed by atoms with van der Waals surface area (Å²) in [6.45, 7) is 0. The Morgan fingerprint density at radius 1 is 1.06 bits per heavy atom. The van der Waals surface area contributed by atoms with Gasteiger partial charge in [-0.1, -0.05) is 23.7 Å². The molecule has 1 aromatic carbocycles. The average molecular weight is 242 g/mol. The molecule has 1 nitrogen and oxygen atoms in total. The molecule has 17 heavy (non-hydrogen) atoms. The number of rotatable bonds is 1. The Morgan fingerprint density at radius 2 is 1.88 bits per heavy atom. The van der Waals surface area contributed by atoms with Gasteiger partial charge in [-0.2, -0.15) is 0 Å². The average Bonchev–Trinajstić information content (AvgIpc) is 2.73. The maximum atomic E-state index is 6.05. The van der Waals surface area contributed by atoms with Crippen LogP contribution >= 0.6 is 11.6 Å². The molecule has 0 bridgehead atoms. The van der Waals surface area contributed by atoms with Crippen molar-refractivity contribution < 1.29 is 0 Å². The van der Waals surface area contributed by atoms with Gasteiger partial charge in [-0.15, -0.1) is 0 Å². The lowest BCUT2D eigenvalue weighted by Gasteiger charge is -2.02. The van der Waals surface area contributed by atoms with Crippen molar-refractivity contribution in [2.45, 2.75) is 12.8 Å². The molecular formula is C15H12ClN. The second kappa shape index (κ2) is 4.34. The van der Waals surface area contributed by atoms with Gasteiger partial charge in [0.15, 0.2) is 0 Å². The van der Waals surface area contributed by atoms with Crippen molar-refractivity contribution in [1.29, 1.82) is 0 Å². The molecule has 0 saturated heterocycles. The Balaban J connectivity index is 2.04. The minimum Gasteiger partial charge on any atom is -0.265 e. The van der Waals surface area contributed by atoms with Crippen molar-refractivity contribution >= 4 is 23.3 Å². The Kier molecular flexibility index (Phi) is 2.69. The lowest BCUT2D eigenvalue weighted by molar-refractivity contribution is 1.08. The van der Waals surface area contributed by atoms with Crippen LogP contribution in [0.4, 0.5) is 0 Å². The van der Waals surface area contributed by atoms with E-state index in [1.165, 1.54) is 22.3 Å². The molecule has 2 heteroatoms. The molecule has 1 aromatic heterocycles. The van der Waals surface area contributed by atoms with Gasteiger partial charge in [0, 0.05) is 17.4 Å². The van der Waals surface area contributed by atoms with Gasteiger partial charge in [0.2, 0.25) is 0 Å². The number of fused-ring (bicyclic) bond motifs is 1. The van der Waals surface area contributed by atoms with E-state index in [1.54, 1.807) is 0 Å². The number of hydrogen-bond donors (Lipinski definition) is 0. The van der Waals surface area contributed by atoms with Crippen LogP contribution in [0.15, 0.2) is 42.7 Å². The maximum Gasteiger partial charge on any atom is 0.0412 e. The first-order valence-corrected chi connectivity index (χ1v) is 6.10. The lowest BCUT2D eigenvalue weighted by atomic mass is 10.1. The number of aromatic nitrogens is 1. The highest BCUT2D eigenvalue weighted by Gasteiger charge is 2.15. The largest absolute Gasteiger partial charge is 0.265 e. The Labute approximate surface area is 106 Å². The number of benzene rings is 1. The molecule has 2 aromatic rings. The summed E-state index contributed by atoms with van der Waals surface area (Å²) in [5, 5.41) is 0.811. The van der Waals surface area contributed by atoms with Crippen LogP contribution < -0.4 is 0 Å². The van der Waals surface area contributed by atoms with E-state index in [-0.39, 0.29) is 0 Å². The van der Waals surface area contributed by atoms with Gasteiger partial charge in [-0.05, 0) is 59.4 Å². The summed E-state index contributed by atoms with van der Waals surface area (Å²) >= 11 is 6.05. The van der Waals surface area contributed by atoms with Crippen molar-refractivity contribution in [3.05, 3.63) is 64.4 Å². The molecule has 0 unspecified atom stereocenters. The standard InChI is InChI=1S/C15H12ClN/c16-14-4-3-12-1-2-13(15(12)10-14)9-11-5-7-17-8-6-11/h3-10H,1-2H2. The van der Waals surface area contributed by atoms with Crippen molar-refractivity contribution in [2.75, 3.05) is 0 Å². The Morgan fingerprint density at radius 3 is 2.71 bits per heavy atom. The van der Waals surface area contributed by atoms with Crippen LogP contribution in [-0.2, 0) is 6.42 Å². The van der Waals surface area contributed by atoms with Crippen LogP contribution in [0.5, 0.6) is 0 Å². The summed E-state index contributed by atoms with van der Waals surface area (Å²) in [4.78, 5) is 4.03. The minimum absolute atomic E-state index is 0.811. The summed E-state index contributed by atoms with van der Waals surface area (Å²) in [7, 11) is 0. The third-order valence-electron chi connectivity index (χ3n) is 3.13. The van der Waals surface area contributed by atoms with E-state index in [1.807, 2.05) is 30.6 Å². The summed E-state index contributed by atoms with van der Waals surface area (Å²) in [5.74, 6) is 0. The Hall–Kier alpha value is -1.60. The second-order valence-corrected chi connectivity index (χ2v) is 4.69. The summed E-state index contributed by atoms with van der Waals surface area (Å²) < 4.78 is 0. The van der Waals surface area contributed by atoms with Crippen LogP contribution in [0.3, 0.4) is 0 Å². The van der Waals surface area contributed by atoms with E-state index in [0.717, 1.165) is 17.9 Å². The third-order valence-corrected chi connectivity index (χ3v) is 3.36. The van der Waals surface area contributed by atoms with Crippen LogP contribution in [0.2, 0.25) is 5.02 Å². The van der Waals surface area contributed by atoms with Gasteiger partial charge in [0.05, 0.1) is 0 Å². The highest BCUT2D eigenvalue weighted by Crippen LogP contribution is 2.35.